The number of hydrogen-bond acceptors (Lipinski definition) is 5. The third-order valence-electron chi connectivity index (χ3n) is 5.02. The van der Waals surface area contributed by atoms with Crippen molar-refractivity contribution in [2.45, 2.75) is 26.4 Å². The van der Waals surface area contributed by atoms with Gasteiger partial charge >= 0.3 is 0 Å². The number of carbonyl (C=O) groups is 3. The number of hydrogen-bond donors (Lipinski definition) is 1. The van der Waals surface area contributed by atoms with Gasteiger partial charge in [-0.1, -0.05) is 41.4 Å². The Morgan fingerprint density at radius 2 is 1.64 bits per heavy atom. The molecule has 8 nitrogen and oxygen atoms in total. The third kappa shape index (κ3) is 6.69. The zero-order valence-corrected chi connectivity index (χ0v) is 21.0. The van der Waals surface area contributed by atoms with E-state index in [1.807, 2.05) is 0 Å². The number of ketones is 1. The first-order chi connectivity index (χ1) is 15.4. The zero-order valence-electron chi connectivity index (χ0n) is 18.6. The predicted octanol–water partition coefficient (Wildman–Crippen LogP) is 3.13. The van der Waals surface area contributed by atoms with Crippen molar-refractivity contribution in [3.8, 4) is 0 Å². The van der Waals surface area contributed by atoms with Gasteiger partial charge in [0.2, 0.25) is 21.8 Å². The maximum Gasteiger partial charge on any atom is 0.244 e. The summed E-state index contributed by atoms with van der Waals surface area (Å²) in [6, 6.07) is 9.87. The Labute approximate surface area is 203 Å². The molecule has 0 bridgehead atoms. The van der Waals surface area contributed by atoms with Crippen molar-refractivity contribution in [1.29, 1.82) is 0 Å². The van der Waals surface area contributed by atoms with Crippen LogP contribution in [0.25, 0.3) is 0 Å². The number of likely N-dealkylation sites (N-methyl/N-ethyl adjacent to an activating group) is 1. The van der Waals surface area contributed by atoms with E-state index in [0.717, 1.165) is 10.6 Å². The van der Waals surface area contributed by atoms with Crippen LogP contribution >= 0.6 is 23.2 Å². The second-order valence-corrected chi connectivity index (χ2v) is 10.1. The van der Waals surface area contributed by atoms with Crippen LogP contribution < -0.4 is 9.62 Å². The second-order valence-electron chi connectivity index (χ2n) is 7.39. The van der Waals surface area contributed by atoms with Gasteiger partial charge in [0.15, 0.2) is 5.78 Å². The van der Waals surface area contributed by atoms with Gasteiger partial charge in [0.05, 0.1) is 11.9 Å². The Morgan fingerprint density at radius 3 is 2.15 bits per heavy atom. The van der Waals surface area contributed by atoms with Gasteiger partial charge < -0.3 is 10.2 Å². The molecule has 0 saturated carbocycles. The molecule has 11 heteroatoms. The Hall–Kier alpha value is -2.62. The zero-order chi connectivity index (χ0) is 24.9. The molecule has 2 aromatic rings. The molecule has 0 aliphatic heterocycles. The minimum absolute atomic E-state index is 0.114. The molecule has 0 aliphatic rings. The molecule has 2 rings (SSSR count). The molecule has 2 amide bonds. The van der Waals surface area contributed by atoms with Gasteiger partial charge in [-0.25, -0.2) is 8.42 Å². The number of sulfonamides is 1. The van der Waals surface area contributed by atoms with Crippen molar-refractivity contribution in [3.63, 3.8) is 0 Å². The SMILES string of the molecule is CNC(=O)C(C)N(Cc1c(Cl)cccc1Cl)C(=O)CN(c1cccc(C(C)=O)c1)S(C)(=O)=O. The quantitative estimate of drug-likeness (QED) is 0.518. The minimum Gasteiger partial charge on any atom is -0.357 e. The molecular weight excluding hydrogens is 489 g/mol. The highest BCUT2D eigenvalue weighted by Crippen LogP contribution is 2.27. The van der Waals surface area contributed by atoms with Crippen molar-refractivity contribution in [2.24, 2.45) is 0 Å². The molecular formula is C22H25Cl2N3O5S. The summed E-state index contributed by atoms with van der Waals surface area (Å²) in [7, 11) is -2.48. The summed E-state index contributed by atoms with van der Waals surface area (Å²) in [6.07, 6.45) is 0.957. The third-order valence-corrected chi connectivity index (χ3v) is 6.87. The first kappa shape index (κ1) is 26.6. The average Bonchev–Trinajstić information content (AvgIpc) is 2.75. The van der Waals surface area contributed by atoms with Crippen LogP contribution in [0.2, 0.25) is 10.0 Å². The molecule has 0 aromatic heterocycles. The van der Waals surface area contributed by atoms with E-state index in [4.69, 9.17) is 23.2 Å². The van der Waals surface area contributed by atoms with Crippen LogP contribution in [-0.4, -0.2) is 56.8 Å². The lowest BCUT2D eigenvalue weighted by Crippen LogP contribution is -2.50. The summed E-state index contributed by atoms with van der Waals surface area (Å²) < 4.78 is 26.0. The summed E-state index contributed by atoms with van der Waals surface area (Å²) in [5, 5.41) is 3.09. The molecule has 0 saturated heterocycles. The topological polar surface area (TPSA) is 104 Å². The summed E-state index contributed by atoms with van der Waals surface area (Å²) in [5.74, 6) is -1.35. The summed E-state index contributed by atoms with van der Waals surface area (Å²) in [5.41, 5.74) is 0.878. The van der Waals surface area contributed by atoms with Gasteiger partial charge in [-0.3, -0.25) is 18.7 Å². The van der Waals surface area contributed by atoms with Crippen molar-refractivity contribution >= 4 is 56.5 Å². The van der Waals surface area contributed by atoms with E-state index >= 15 is 0 Å². The van der Waals surface area contributed by atoms with Crippen LogP contribution in [0, 0.1) is 0 Å². The largest absolute Gasteiger partial charge is 0.357 e. The van der Waals surface area contributed by atoms with Crippen LogP contribution in [0.15, 0.2) is 42.5 Å². The highest BCUT2D eigenvalue weighted by molar-refractivity contribution is 7.92. The van der Waals surface area contributed by atoms with E-state index in [1.165, 1.54) is 44.0 Å². The normalized spacial score (nSPS) is 12.1. The number of halogens is 2. The fraction of sp³-hybridized carbons (Fsp3) is 0.318. The molecule has 0 radical (unpaired) electrons. The average molecular weight is 514 g/mol. The number of nitrogens with one attached hydrogen (secondary N) is 1. The standard InChI is InChI=1S/C22H25Cl2N3O5S/c1-14(22(30)25-3)26(12-18-19(23)9-6-10-20(18)24)21(29)13-27(33(4,31)32)17-8-5-7-16(11-17)15(2)28/h5-11,14H,12-13H2,1-4H3,(H,25,30). The van der Waals surface area contributed by atoms with E-state index in [1.54, 1.807) is 24.3 Å². The lowest BCUT2D eigenvalue weighted by molar-refractivity contribution is -0.139. The molecule has 1 unspecified atom stereocenters. The Balaban J connectivity index is 2.48. The van der Waals surface area contributed by atoms with Gasteiger partial charge in [-0.2, -0.15) is 0 Å². The Morgan fingerprint density at radius 1 is 1.06 bits per heavy atom. The van der Waals surface area contributed by atoms with Crippen LogP contribution in [-0.2, 0) is 26.2 Å². The summed E-state index contributed by atoms with van der Waals surface area (Å²) >= 11 is 12.5. The predicted molar refractivity (Wildman–Crippen MR) is 129 cm³/mol. The van der Waals surface area contributed by atoms with Crippen LogP contribution in [0.5, 0.6) is 0 Å². The molecule has 0 aliphatic carbocycles. The van der Waals surface area contributed by atoms with E-state index in [9.17, 15) is 22.8 Å². The molecule has 0 spiro atoms. The lowest BCUT2D eigenvalue weighted by Gasteiger charge is -2.31. The van der Waals surface area contributed by atoms with E-state index in [-0.39, 0.29) is 18.0 Å². The number of benzene rings is 2. The number of amides is 2. The first-order valence-corrected chi connectivity index (χ1v) is 12.5. The molecule has 1 N–H and O–H groups in total. The number of anilines is 1. The van der Waals surface area contributed by atoms with Gasteiger partial charge in [0, 0.05) is 34.8 Å². The van der Waals surface area contributed by atoms with Gasteiger partial charge in [0.1, 0.15) is 12.6 Å². The Bertz CT molecular complexity index is 1150. The molecule has 178 valence electrons. The first-order valence-electron chi connectivity index (χ1n) is 9.89. The number of rotatable bonds is 9. The van der Waals surface area contributed by atoms with E-state index in [0.29, 0.717) is 21.2 Å². The summed E-state index contributed by atoms with van der Waals surface area (Å²) in [6.45, 7) is 2.17. The molecule has 0 fully saturated rings. The number of Topliss-reactive ketones (excluding diaryl/α,β-unsaturated/α-hetero) is 1. The van der Waals surface area contributed by atoms with Crippen molar-refractivity contribution in [3.05, 3.63) is 63.6 Å². The molecule has 1 atom stereocenters. The highest BCUT2D eigenvalue weighted by Gasteiger charge is 2.30. The van der Waals surface area contributed by atoms with Crippen LogP contribution in [0.3, 0.4) is 0 Å². The molecule has 2 aromatic carbocycles. The maximum atomic E-state index is 13.4. The van der Waals surface area contributed by atoms with Gasteiger partial charge in [0.25, 0.3) is 0 Å². The van der Waals surface area contributed by atoms with Crippen LogP contribution in [0.1, 0.15) is 29.8 Å². The summed E-state index contributed by atoms with van der Waals surface area (Å²) in [4.78, 5) is 38.7. The highest BCUT2D eigenvalue weighted by atomic mass is 35.5. The molecule has 0 heterocycles. The second kappa shape index (κ2) is 11.0. The van der Waals surface area contributed by atoms with Crippen LogP contribution in [0.4, 0.5) is 5.69 Å². The van der Waals surface area contributed by atoms with Gasteiger partial charge in [-0.15, -0.1) is 0 Å². The number of carbonyl (C=O) groups excluding carboxylic acids is 3. The maximum absolute atomic E-state index is 13.4. The minimum atomic E-state index is -3.91. The van der Waals surface area contributed by atoms with Crippen molar-refractivity contribution < 1.29 is 22.8 Å². The van der Waals surface area contributed by atoms with Crippen molar-refractivity contribution in [2.75, 3.05) is 24.2 Å². The molecule has 33 heavy (non-hydrogen) atoms. The van der Waals surface area contributed by atoms with E-state index in [2.05, 4.69) is 5.32 Å². The smallest absolute Gasteiger partial charge is 0.244 e. The Kier molecular flexibility index (Phi) is 8.88. The van der Waals surface area contributed by atoms with E-state index < -0.39 is 34.4 Å². The lowest BCUT2D eigenvalue weighted by atomic mass is 10.1. The fourth-order valence-electron chi connectivity index (χ4n) is 3.14. The number of nitrogens with zero attached hydrogens (tertiary/aromatic N) is 2. The van der Waals surface area contributed by atoms with Crippen molar-refractivity contribution in [1.82, 2.24) is 10.2 Å². The monoisotopic (exact) mass is 513 g/mol. The van der Waals surface area contributed by atoms with Gasteiger partial charge in [-0.05, 0) is 38.1 Å². The fourth-order valence-corrected chi connectivity index (χ4v) is 4.50.